The number of carboxylic acid groups (broad SMARTS) is 1. The van der Waals surface area contributed by atoms with Gasteiger partial charge < -0.3 is 30.4 Å². The quantitative estimate of drug-likeness (QED) is 0.141. The fourth-order valence-electron chi connectivity index (χ4n) is 6.69. The average molecular weight is 693 g/mol. The van der Waals surface area contributed by atoms with Gasteiger partial charge in [-0.1, -0.05) is 0 Å². The Kier molecular flexibility index (Phi) is 12.2. The molecule has 0 bridgehead atoms. The maximum atomic E-state index is 14.4. The first kappa shape index (κ1) is 36.5. The molecule has 0 atom stereocenters. The van der Waals surface area contributed by atoms with Gasteiger partial charge in [0.25, 0.3) is 6.43 Å². The Balaban J connectivity index is 0.00000156. The van der Waals surface area contributed by atoms with E-state index in [9.17, 15) is 23.8 Å². The largest absolute Gasteiger partial charge is 0.478 e. The van der Waals surface area contributed by atoms with Crippen molar-refractivity contribution < 1.29 is 23.5 Å². The first-order valence-corrected chi connectivity index (χ1v) is 16.9. The molecule has 4 N–H and O–H groups in total. The summed E-state index contributed by atoms with van der Waals surface area (Å²) >= 11 is 0. The Hall–Kier alpha value is -4.76. The molecule has 2 aromatic heterocycles. The van der Waals surface area contributed by atoms with Gasteiger partial charge in [0, 0.05) is 105 Å². The van der Waals surface area contributed by atoms with Crippen LogP contribution in [0.15, 0.2) is 48.2 Å². The molecule has 3 aromatic rings. The number of rotatable bonds is 10. The lowest BCUT2D eigenvalue weighted by molar-refractivity contribution is -0.117. The number of halogens is 2. The molecule has 268 valence electrons. The van der Waals surface area contributed by atoms with Crippen molar-refractivity contribution >= 4 is 23.9 Å². The second-order valence-corrected chi connectivity index (χ2v) is 12.9. The van der Waals surface area contributed by atoms with E-state index in [1.165, 1.54) is 18.5 Å². The van der Waals surface area contributed by atoms with Gasteiger partial charge in [-0.05, 0) is 63.0 Å². The number of benzene rings is 1. The van der Waals surface area contributed by atoms with Crippen molar-refractivity contribution in [3.8, 4) is 11.1 Å². The van der Waals surface area contributed by atoms with Crippen LogP contribution in [0.4, 0.5) is 14.5 Å². The first-order valence-electron chi connectivity index (χ1n) is 16.9. The fraction of sp³-hybridized carbons (Fsp3) is 0.486. The Morgan fingerprint density at radius 2 is 1.82 bits per heavy atom. The first-order chi connectivity index (χ1) is 24.1. The summed E-state index contributed by atoms with van der Waals surface area (Å²) in [5.41, 5.74) is 4.27. The van der Waals surface area contributed by atoms with Gasteiger partial charge in [-0.25, -0.2) is 23.5 Å². The van der Waals surface area contributed by atoms with E-state index in [4.69, 9.17) is 5.11 Å². The van der Waals surface area contributed by atoms with Gasteiger partial charge in [0.15, 0.2) is 0 Å². The summed E-state index contributed by atoms with van der Waals surface area (Å²) in [5, 5.41) is 29.0. The third-order valence-electron chi connectivity index (χ3n) is 9.27. The number of nitrogens with one attached hydrogen (secondary N) is 3. The molecule has 0 saturated carbocycles. The number of amides is 1. The molecule has 1 amide bonds. The summed E-state index contributed by atoms with van der Waals surface area (Å²) in [6.07, 6.45) is 8.59. The molecule has 0 aliphatic carbocycles. The topological polar surface area (TPSA) is 156 Å². The van der Waals surface area contributed by atoms with Crippen LogP contribution in [0.1, 0.15) is 59.4 Å². The zero-order chi connectivity index (χ0) is 35.8. The highest BCUT2D eigenvalue weighted by atomic mass is 19.3. The predicted octanol–water partition coefficient (Wildman–Crippen LogP) is 3.49. The number of carbonyl (C=O) groups is 2. The number of alkyl halides is 2. The normalized spacial score (nSPS) is 16.9. The average Bonchev–Trinajstić information content (AvgIpc) is 3.56. The third-order valence-corrected chi connectivity index (χ3v) is 9.27. The van der Waals surface area contributed by atoms with Gasteiger partial charge in [0.05, 0.1) is 18.3 Å². The highest BCUT2D eigenvalue weighted by molar-refractivity contribution is 6.09. The number of carbonyl (C=O) groups excluding carboxylic acids is 1. The highest BCUT2D eigenvalue weighted by Crippen LogP contribution is 2.39. The third kappa shape index (κ3) is 8.69. The standard InChI is InChI=1S/C33H39F2N9O3.C2H7N/c1-41-18-23(17-39-41)25-13-21-3-2-8-44(29(21)14-26(25)31(34)35)32(36)27-19-43(20-45)11-6-28(27)40-24-4-9-42(10-5-24)12-7-30-37-15-22(16-38-30)33(46)47;1-3-2/h13-18,20,24,31,36,40H,2-12,19H2,1H3,(H,46,47);3H,1-2H3. The summed E-state index contributed by atoms with van der Waals surface area (Å²) in [5.74, 6) is -0.201. The molecule has 6 rings (SSSR count). The van der Waals surface area contributed by atoms with Gasteiger partial charge in [-0.2, -0.15) is 5.10 Å². The van der Waals surface area contributed by atoms with Crippen LogP contribution < -0.4 is 15.5 Å². The minimum absolute atomic E-state index is 0.0683. The van der Waals surface area contributed by atoms with Gasteiger partial charge in [-0.15, -0.1) is 0 Å². The molecule has 1 aromatic carbocycles. The van der Waals surface area contributed by atoms with E-state index in [1.807, 2.05) is 25.1 Å². The molecular weight excluding hydrogens is 646 g/mol. The predicted molar refractivity (Wildman–Crippen MR) is 187 cm³/mol. The molecule has 1 saturated heterocycles. The zero-order valence-electron chi connectivity index (χ0n) is 28.8. The van der Waals surface area contributed by atoms with Crippen LogP contribution in [0.25, 0.3) is 11.1 Å². The van der Waals surface area contributed by atoms with Crippen LogP contribution in [0.5, 0.6) is 0 Å². The van der Waals surface area contributed by atoms with Crippen molar-refractivity contribution in [1.82, 2.24) is 40.2 Å². The van der Waals surface area contributed by atoms with Crippen LogP contribution in [0.2, 0.25) is 0 Å². The van der Waals surface area contributed by atoms with Crippen molar-refractivity contribution in [1.29, 1.82) is 5.41 Å². The molecule has 5 heterocycles. The molecule has 0 spiro atoms. The maximum Gasteiger partial charge on any atom is 0.338 e. The van der Waals surface area contributed by atoms with E-state index in [-0.39, 0.29) is 29.5 Å². The van der Waals surface area contributed by atoms with E-state index in [0.717, 1.165) is 68.6 Å². The second kappa shape index (κ2) is 16.8. The Morgan fingerprint density at radius 1 is 1.10 bits per heavy atom. The lowest BCUT2D eigenvalue weighted by Crippen LogP contribution is -2.47. The summed E-state index contributed by atoms with van der Waals surface area (Å²) in [6.45, 7) is 3.85. The number of anilines is 1. The SMILES string of the molecule is CNC.Cn1cc(-c2cc3c(cc2C(F)F)N(C(=N)C2=C(NC4CCN(CCc5ncc(C(=O)O)cn5)CC4)CCN(C=O)C2)CCC3)cn1. The molecule has 3 aliphatic heterocycles. The number of aromatic carboxylic acids is 1. The molecule has 0 unspecified atom stereocenters. The van der Waals surface area contributed by atoms with E-state index in [0.29, 0.717) is 48.6 Å². The van der Waals surface area contributed by atoms with E-state index >= 15 is 0 Å². The fourth-order valence-corrected chi connectivity index (χ4v) is 6.69. The number of aryl methyl sites for hydroxylation is 2. The molecular formula is C35H46F2N10O3. The summed E-state index contributed by atoms with van der Waals surface area (Å²) in [7, 11) is 5.50. The monoisotopic (exact) mass is 692 g/mol. The maximum absolute atomic E-state index is 14.4. The number of fused-ring (bicyclic) bond motifs is 1. The summed E-state index contributed by atoms with van der Waals surface area (Å²) in [6, 6.07) is 3.55. The van der Waals surface area contributed by atoms with Crippen molar-refractivity contribution in [3.05, 3.63) is 70.7 Å². The molecule has 13 nitrogen and oxygen atoms in total. The second-order valence-electron chi connectivity index (χ2n) is 12.9. The van der Waals surface area contributed by atoms with E-state index < -0.39 is 12.4 Å². The minimum Gasteiger partial charge on any atom is -0.478 e. The van der Waals surface area contributed by atoms with Gasteiger partial charge >= 0.3 is 5.97 Å². The van der Waals surface area contributed by atoms with E-state index in [2.05, 4.69) is 30.6 Å². The van der Waals surface area contributed by atoms with Crippen molar-refractivity contribution in [2.45, 2.75) is 51.0 Å². The lowest BCUT2D eigenvalue weighted by Gasteiger charge is -2.38. The number of hydrogen-bond donors (Lipinski definition) is 4. The molecule has 0 radical (unpaired) electrons. The van der Waals surface area contributed by atoms with Crippen LogP contribution in [0.3, 0.4) is 0 Å². The highest BCUT2D eigenvalue weighted by Gasteiger charge is 2.31. The lowest BCUT2D eigenvalue weighted by atomic mass is 9.92. The van der Waals surface area contributed by atoms with Crippen LogP contribution in [-0.4, -0.2) is 112 Å². The smallest absolute Gasteiger partial charge is 0.338 e. The van der Waals surface area contributed by atoms with Gasteiger partial charge in [0.1, 0.15) is 11.7 Å². The van der Waals surface area contributed by atoms with E-state index in [1.54, 1.807) is 29.0 Å². The van der Waals surface area contributed by atoms with Crippen LogP contribution in [-0.2, 0) is 24.7 Å². The van der Waals surface area contributed by atoms with Gasteiger partial charge in [0.2, 0.25) is 6.41 Å². The number of likely N-dealkylation sites (tertiary alicyclic amines) is 1. The number of piperidine rings is 1. The summed E-state index contributed by atoms with van der Waals surface area (Å²) in [4.78, 5) is 37.0. The van der Waals surface area contributed by atoms with Crippen molar-refractivity contribution in [2.75, 3.05) is 58.3 Å². The number of amidine groups is 1. The van der Waals surface area contributed by atoms with Crippen LogP contribution in [0, 0.1) is 5.41 Å². The Bertz CT molecular complexity index is 1690. The Labute approximate surface area is 290 Å². The number of hydrogen-bond acceptors (Lipinski definition) is 9. The number of nitrogens with zero attached hydrogens (tertiary/aromatic N) is 7. The molecule has 50 heavy (non-hydrogen) atoms. The Morgan fingerprint density at radius 3 is 2.44 bits per heavy atom. The van der Waals surface area contributed by atoms with Crippen molar-refractivity contribution in [3.63, 3.8) is 0 Å². The molecule has 15 heteroatoms. The number of carboxylic acids is 1. The van der Waals surface area contributed by atoms with Gasteiger partial charge in [-0.3, -0.25) is 14.9 Å². The van der Waals surface area contributed by atoms with Crippen molar-refractivity contribution in [2.24, 2.45) is 7.05 Å². The molecule has 1 fully saturated rings. The van der Waals surface area contributed by atoms with Crippen LogP contribution >= 0.6 is 0 Å². The zero-order valence-corrected chi connectivity index (χ0v) is 28.8. The minimum atomic E-state index is -2.69. The summed E-state index contributed by atoms with van der Waals surface area (Å²) < 4.78 is 30.4. The molecule has 3 aliphatic rings. The number of aromatic nitrogens is 4.